The molecule has 0 aliphatic heterocycles. The molecule has 0 spiro atoms. The lowest BCUT2D eigenvalue weighted by Crippen LogP contribution is -1.88. The Hall–Kier alpha value is -0.410. The van der Waals surface area contributed by atoms with Gasteiger partial charge in [-0.15, -0.1) is 0 Å². The van der Waals surface area contributed by atoms with Gasteiger partial charge in [0.05, 0.1) is 5.52 Å². The summed E-state index contributed by atoms with van der Waals surface area (Å²) in [6.07, 6.45) is 2.86. The molecule has 0 aliphatic rings. The fourth-order valence-electron chi connectivity index (χ4n) is 1.46. The van der Waals surface area contributed by atoms with Crippen molar-refractivity contribution in [2.24, 2.45) is 0 Å². The molecule has 0 aliphatic carbocycles. The van der Waals surface area contributed by atoms with Crippen LogP contribution < -0.4 is 0 Å². The van der Waals surface area contributed by atoms with Crippen LogP contribution in [-0.4, -0.2) is 10.3 Å². The van der Waals surface area contributed by atoms with E-state index < -0.39 is 0 Å². The van der Waals surface area contributed by atoms with Gasteiger partial charge < -0.3 is 0 Å². The average molecular weight is 315 g/mol. The average Bonchev–Trinajstić information content (AvgIpc) is 2.18. The first-order chi connectivity index (χ1) is 6.81. The Morgan fingerprint density at radius 2 is 2.14 bits per heavy atom. The third-order valence-corrected chi connectivity index (χ3v) is 3.10. The number of hydrogen-bond acceptors (Lipinski definition) is 1. The number of halogens is 2. The standard InChI is InChI=1S/C11H9Br2N/c12-4-3-8-6-9-2-1-5-14-11(9)10(13)7-8/h1-2,5-7H,3-4H2. The second kappa shape index (κ2) is 4.41. The molecule has 0 bridgehead atoms. The van der Waals surface area contributed by atoms with Gasteiger partial charge in [-0.05, 0) is 46.1 Å². The van der Waals surface area contributed by atoms with Crippen molar-refractivity contribution in [1.82, 2.24) is 4.98 Å². The summed E-state index contributed by atoms with van der Waals surface area (Å²) in [5, 5.41) is 2.18. The fourth-order valence-corrected chi connectivity index (χ4v) is 2.54. The number of nitrogens with zero attached hydrogens (tertiary/aromatic N) is 1. The Morgan fingerprint density at radius 1 is 1.29 bits per heavy atom. The number of pyridine rings is 1. The first-order valence-electron chi connectivity index (χ1n) is 4.40. The molecule has 0 saturated carbocycles. The lowest BCUT2D eigenvalue weighted by atomic mass is 10.1. The van der Waals surface area contributed by atoms with Gasteiger partial charge >= 0.3 is 0 Å². The second-order valence-corrected chi connectivity index (χ2v) is 4.74. The SMILES string of the molecule is BrCCc1cc(Br)c2ncccc2c1. The van der Waals surface area contributed by atoms with Crippen molar-refractivity contribution in [2.45, 2.75) is 6.42 Å². The predicted octanol–water partition coefficient (Wildman–Crippen LogP) is 3.93. The smallest absolute Gasteiger partial charge is 0.0844 e. The zero-order valence-corrected chi connectivity index (χ0v) is 10.7. The number of hydrogen-bond donors (Lipinski definition) is 0. The molecule has 0 N–H and O–H groups in total. The van der Waals surface area contributed by atoms with Crippen molar-refractivity contribution in [1.29, 1.82) is 0 Å². The van der Waals surface area contributed by atoms with Gasteiger partial charge in [-0.3, -0.25) is 4.98 Å². The van der Waals surface area contributed by atoms with E-state index in [1.54, 1.807) is 0 Å². The van der Waals surface area contributed by atoms with Crippen LogP contribution in [0.4, 0.5) is 0 Å². The minimum Gasteiger partial charge on any atom is -0.255 e. The molecule has 72 valence electrons. The summed E-state index contributed by atoms with van der Waals surface area (Å²) >= 11 is 6.98. The summed E-state index contributed by atoms with van der Waals surface area (Å²) in [5.74, 6) is 0. The molecule has 0 radical (unpaired) electrons. The molecule has 3 heteroatoms. The summed E-state index contributed by atoms with van der Waals surface area (Å²) in [4.78, 5) is 4.32. The zero-order chi connectivity index (χ0) is 9.97. The number of aryl methyl sites for hydroxylation is 1. The Bertz CT molecular complexity index is 454. The van der Waals surface area contributed by atoms with E-state index in [-0.39, 0.29) is 0 Å². The fraction of sp³-hybridized carbons (Fsp3) is 0.182. The first-order valence-corrected chi connectivity index (χ1v) is 6.32. The summed E-state index contributed by atoms with van der Waals surface area (Å²) in [6.45, 7) is 0. The third kappa shape index (κ3) is 1.98. The van der Waals surface area contributed by atoms with Crippen molar-refractivity contribution < 1.29 is 0 Å². The molecule has 1 heterocycles. The Morgan fingerprint density at radius 3 is 2.93 bits per heavy atom. The van der Waals surface area contributed by atoms with Gasteiger partial charge in [0.2, 0.25) is 0 Å². The lowest BCUT2D eigenvalue weighted by molar-refractivity contribution is 1.17. The van der Waals surface area contributed by atoms with E-state index in [4.69, 9.17) is 0 Å². The van der Waals surface area contributed by atoms with Crippen molar-refractivity contribution in [3.63, 3.8) is 0 Å². The van der Waals surface area contributed by atoms with Crippen molar-refractivity contribution in [2.75, 3.05) is 5.33 Å². The summed E-state index contributed by atoms with van der Waals surface area (Å²) in [5.41, 5.74) is 2.36. The molecule has 1 nitrogen and oxygen atoms in total. The van der Waals surface area contributed by atoms with Crippen molar-refractivity contribution in [3.05, 3.63) is 40.5 Å². The Labute approximate surface area is 99.8 Å². The van der Waals surface area contributed by atoms with Crippen LogP contribution in [0.15, 0.2) is 34.9 Å². The van der Waals surface area contributed by atoms with E-state index in [0.29, 0.717) is 0 Å². The van der Waals surface area contributed by atoms with Crippen LogP contribution in [0, 0.1) is 0 Å². The second-order valence-electron chi connectivity index (χ2n) is 3.09. The molecule has 1 aromatic heterocycles. The predicted molar refractivity (Wildman–Crippen MR) is 66.9 cm³/mol. The molecule has 2 rings (SSSR count). The molecular weight excluding hydrogens is 306 g/mol. The van der Waals surface area contributed by atoms with Crippen molar-refractivity contribution in [3.8, 4) is 0 Å². The minimum atomic E-state index is 0.991. The third-order valence-electron chi connectivity index (χ3n) is 2.10. The molecular formula is C11H9Br2N. The number of alkyl halides is 1. The Balaban J connectivity index is 2.60. The van der Waals surface area contributed by atoms with E-state index in [9.17, 15) is 0 Å². The highest BCUT2D eigenvalue weighted by atomic mass is 79.9. The van der Waals surface area contributed by atoms with Gasteiger partial charge in [0.1, 0.15) is 0 Å². The van der Waals surface area contributed by atoms with E-state index in [1.807, 2.05) is 12.3 Å². The molecule has 14 heavy (non-hydrogen) atoms. The molecule has 1 aromatic carbocycles. The summed E-state index contributed by atoms with van der Waals surface area (Å²) in [6, 6.07) is 8.38. The summed E-state index contributed by atoms with van der Waals surface area (Å²) < 4.78 is 1.08. The molecule has 0 atom stereocenters. The maximum atomic E-state index is 4.32. The maximum Gasteiger partial charge on any atom is 0.0844 e. The van der Waals surface area contributed by atoms with E-state index in [2.05, 4.69) is 55.0 Å². The lowest BCUT2D eigenvalue weighted by Gasteiger charge is -2.03. The highest BCUT2D eigenvalue weighted by molar-refractivity contribution is 9.10. The van der Waals surface area contributed by atoms with Gasteiger partial charge in [0.15, 0.2) is 0 Å². The topological polar surface area (TPSA) is 12.9 Å². The number of fused-ring (bicyclic) bond motifs is 1. The van der Waals surface area contributed by atoms with Crippen LogP contribution >= 0.6 is 31.9 Å². The maximum absolute atomic E-state index is 4.32. The van der Waals surface area contributed by atoms with Crippen LogP contribution in [0.3, 0.4) is 0 Å². The van der Waals surface area contributed by atoms with Gasteiger partial charge in [-0.25, -0.2) is 0 Å². The highest BCUT2D eigenvalue weighted by Gasteiger charge is 2.01. The number of rotatable bonds is 2. The van der Waals surface area contributed by atoms with Gasteiger partial charge in [-0.2, -0.15) is 0 Å². The monoisotopic (exact) mass is 313 g/mol. The van der Waals surface area contributed by atoms with Crippen LogP contribution in [-0.2, 0) is 6.42 Å². The van der Waals surface area contributed by atoms with Gasteiger partial charge in [0, 0.05) is 21.4 Å². The van der Waals surface area contributed by atoms with Crippen LogP contribution in [0.1, 0.15) is 5.56 Å². The summed E-state index contributed by atoms with van der Waals surface area (Å²) in [7, 11) is 0. The van der Waals surface area contributed by atoms with Crippen molar-refractivity contribution >= 4 is 42.8 Å². The quantitative estimate of drug-likeness (QED) is 0.765. The zero-order valence-electron chi connectivity index (χ0n) is 7.50. The van der Waals surface area contributed by atoms with Crippen LogP contribution in [0.5, 0.6) is 0 Å². The molecule has 0 fully saturated rings. The van der Waals surface area contributed by atoms with E-state index >= 15 is 0 Å². The highest BCUT2D eigenvalue weighted by Crippen LogP contribution is 2.24. The molecule has 0 unspecified atom stereocenters. The van der Waals surface area contributed by atoms with E-state index in [0.717, 1.165) is 21.7 Å². The van der Waals surface area contributed by atoms with Gasteiger partial charge in [-0.1, -0.05) is 22.0 Å². The van der Waals surface area contributed by atoms with E-state index in [1.165, 1.54) is 10.9 Å². The number of aromatic nitrogens is 1. The normalized spacial score (nSPS) is 10.7. The van der Waals surface area contributed by atoms with Gasteiger partial charge in [0.25, 0.3) is 0 Å². The number of benzene rings is 1. The minimum absolute atomic E-state index is 0.991. The molecule has 2 aromatic rings. The largest absolute Gasteiger partial charge is 0.255 e. The van der Waals surface area contributed by atoms with Crippen LogP contribution in [0.25, 0.3) is 10.9 Å². The first kappa shape index (κ1) is 10.1. The van der Waals surface area contributed by atoms with Crippen LogP contribution in [0.2, 0.25) is 0 Å². The molecule has 0 amide bonds. The molecule has 0 saturated heterocycles. The Kier molecular flexibility index (Phi) is 3.19.